The summed E-state index contributed by atoms with van der Waals surface area (Å²) < 4.78 is 5.27. The Morgan fingerprint density at radius 2 is 1.79 bits per heavy atom. The molecule has 19 heavy (non-hydrogen) atoms. The van der Waals surface area contributed by atoms with Gasteiger partial charge in [0, 0.05) is 32.1 Å². The predicted octanol–water partition coefficient (Wildman–Crippen LogP) is 0.740. The molecule has 2 fully saturated rings. The van der Waals surface area contributed by atoms with Gasteiger partial charge in [-0.15, -0.1) is 0 Å². The highest BCUT2D eigenvalue weighted by Crippen LogP contribution is 2.21. The van der Waals surface area contributed by atoms with Crippen LogP contribution in [0.5, 0.6) is 0 Å². The van der Waals surface area contributed by atoms with Crippen LogP contribution < -0.4 is 0 Å². The largest absolute Gasteiger partial charge is 0.378 e. The van der Waals surface area contributed by atoms with Crippen LogP contribution in [0.4, 0.5) is 0 Å². The van der Waals surface area contributed by atoms with E-state index in [1.807, 2.05) is 23.6 Å². The Morgan fingerprint density at radius 3 is 2.42 bits per heavy atom. The van der Waals surface area contributed by atoms with Crippen LogP contribution in [0.15, 0.2) is 0 Å². The third-order valence-corrected chi connectivity index (χ3v) is 3.90. The highest BCUT2D eigenvalue weighted by atomic mass is 16.5. The summed E-state index contributed by atoms with van der Waals surface area (Å²) >= 11 is 0. The molecule has 0 aromatic rings. The van der Waals surface area contributed by atoms with Crippen molar-refractivity contribution in [2.75, 3.05) is 39.4 Å². The van der Waals surface area contributed by atoms with Gasteiger partial charge in [-0.25, -0.2) is 0 Å². The zero-order valence-corrected chi connectivity index (χ0v) is 11.9. The van der Waals surface area contributed by atoms with E-state index in [0.717, 1.165) is 19.4 Å². The summed E-state index contributed by atoms with van der Waals surface area (Å²) in [7, 11) is 0. The van der Waals surface area contributed by atoms with Crippen molar-refractivity contribution < 1.29 is 14.3 Å². The van der Waals surface area contributed by atoms with Crippen LogP contribution in [0.1, 0.15) is 26.7 Å². The third kappa shape index (κ3) is 3.47. The molecule has 0 unspecified atom stereocenters. The molecule has 0 bridgehead atoms. The van der Waals surface area contributed by atoms with Gasteiger partial charge in [0.1, 0.15) is 0 Å². The molecule has 0 radical (unpaired) electrons. The number of hydrogen-bond acceptors (Lipinski definition) is 3. The summed E-state index contributed by atoms with van der Waals surface area (Å²) in [4.78, 5) is 28.2. The fourth-order valence-electron chi connectivity index (χ4n) is 2.79. The molecule has 0 saturated carbocycles. The van der Waals surface area contributed by atoms with E-state index in [1.54, 1.807) is 0 Å². The van der Waals surface area contributed by atoms with Crippen molar-refractivity contribution in [1.82, 2.24) is 9.80 Å². The summed E-state index contributed by atoms with van der Waals surface area (Å²) in [5.41, 5.74) is 0. The fourth-order valence-corrected chi connectivity index (χ4v) is 2.79. The van der Waals surface area contributed by atoms with Gasteiger partial charge in [0.05, 0.1) is 19.1 Å². The van der Waals surface area contributed by atoms with Crippen molar-refractivity contribution in [1.29, 1.82) is 0 Å². The SMILES string of the molecule is CC(C)C(=O)N1CCC[C@@H](C(=O)N2CCOCC2)C1. The monoisotopic (exact) mass is 268 g/mol. The Balaban J connectivity index is 1.92. The lowest BCUT2D eigenvalue weighted by Gasteiger charge is -2.36. The first kappa shape index (κ1) is 14.3. The van der Waals surface area contributed by atoms with Gasteiger partial charge in [-0.2, -0.15) is 0 Å². The molecule has 5 nitrogen and oxygen atoms in total. The van der Waals surface area contributed by atoms with E-state index in [2.05, 4.69) is 0 Å². The number of carbonyl (C=O) groups excluding carboxylic acids is 2. The third-order valence-electron chi connectivity index (χ3n) is 3.90. The molecule has 2 aliphatic rings. The number of rotatable bonds is 2. The van der Waals surface area contributed by atoms with Gasteiger partial charge in [-0.05, 0) is 12.8 Å². The zero-order chi connectivity index (χ0) is 13.8. The molecule has 108 valence electrons. The standard InChI is InChI=1S/C14H24N2O3/c1-11(2)13(17)16-5-3-4-12(10-16)14(18)15-6-8-19-9-7-15/h11-12H,3-10H2,1-2H3/t12-/m1/s1. The van der Waals surface area contributed by atoms with E-state index >= 15 is 0 Å². The fraction of sp³-hybridized carbons (Fsp3) is 0.857. The second-order valence-corrected chi connectivity index (χ2v) is 5.72. The lowest BCUT2D eigenvalue weighted by Crippen LogP contribution is -2.50. The molecule has 0 aliphatic carbocycles. The van der Waals surface area contributed by atoms with Crippen LogP contribution in [-0.2, 0) is 14.3 Å². The molecule has 2 heterocycles. The van der Waals surface area contributed by atoms with Gasteiger partial charge in [0.2, 0.25) is 11.8 Å². The van der Waals surface area contributed by atoms with E-state index in [4.69, 9.17) is 4.74 Å². The maximum Gasteiger partial charge on any atom is 0.227 e. The van der Waals surface area contributed by atoms with Gasteiger partial charge in [0.15, 0.2) is 0 Å². The van der Waals surface area contributed by atoms with E-state index in [9.17, 15) is 9.59 Å². The Hall–Kier alpha value is -1.10. The average molecular weight is 268 g/mol. The Labute approximate surface area is 114 Å². The molecular weight excluding hydrogens is 244 g/mol. The molecule has 2 rings (SSSR count). The van der Waals surface area contributed by atoms with Crippen LogP contribution in [-0.4, -0.2) is 61.0 Å². The number of morpholine rings is 1. The topological polar surface area (TPSA) is 49.9 Å². The second kappa shape index (κ2) is 6.37. The first-order chi connectivity index (χ1) is 9.09. The number of piperidine rings is 1. The smallest absolute Gasteiger partial charge is 0.227 e. The minimum atomic E-state index is -0.0189. The quantitative estimate of drug-likeness (QED) is 0.742. The first-order valence-corrected chi connectivity index (χ1v) is 7.25. The highest BCUT2D eigenvalue weighted by molar-refractivity contribution is 5.82. The Kier molecular flexibility index (Phi) is 4.80. The number of nitrogens with zero attached hydrogens (tertiary/aromatic N) is 2. The molecular formula is C14H24N2O3. The molecule has 1 atom stereocenters. The van der Waals surface area contributed by atoms with Crippen molar-refractivity contribution in [3.63, 3.8) is 0 Å². The summed E-state index contributed by atoms with van der Waals surface area (Å²) in [5.74, 6) is 0.357. The lowest BCUT2D eigenvalue weighted by molar-refractivity contribution is -0.145. The van der Waals surface area contributed by atoms with E-state index < -0.39 is 0 Å². The van der Waals surface area contributed by atoms with Crippen molar-refractivity contribution in [2.24, 2.45) is 11.8 Å². The van der Waals surface area contributed by atoms with Crippen LogP contribution in [0.25, 0.3) is 0 Å². The minimum Gasteiger partial charge on any atom is -0.378 e. The van der Waals surface area contributed by atoms with Crippen molar-refractivity contribution in [3.8, 4) is 0 Å². The number of ether oxygens (including phenoxy) is 1. The van der Waals surface area contributed by atoms with Crippen molar-refractivity contribution in [3.05, 3.63) is 0 Å². The maximum atomic E-state index is 12.4. The summed E-state index contributed by atoms with van der Waals surface area (Å²) in [6.45, 7) is 7.85. The normalized spacial score (nSPS) is 24.7. The number of carbonyl (C=O) groups is 2. The van der Waals surface area contributed by atoms with Gasteiger partial charge < -0.3 is 14.5 Å². The summed E-state index contributed by atoms with van der Waals surface area (Å²) in [6.07, 6.45) is 1.83. The molecule has 0 aromatic carbocycles. The van der Waals surface area contributed by atoms with Gasteiger partial charge in [-0.1, -0.05) is 13.8 Å². The maximum absolute atomic E-state index is 12.4. The predicted molar refractivity (Wildman–Crippen MR) is 71.5 cm³/mol. The van der Waals surface area contributed by atoms with E-state index in [1.165, 1.54) is 0 Å². The molecule has 5 heteroatoms. The van der Waals surface area contributed by atoms with Crippen LogP contribution >= 0.6 is 0 Å². The Morgan fingerprint density at radius 1 is 1.11 bits per heavy atom. The van der Waals surface area contributed by atoms with E-state index in [-0.39, 0.29) is 23.7 Å². The average Bonchev–Trinajstić information content (AvgIpc) is 2.46. The number of amides is 2. The lowest BCUT2D eigenvalue weighted by atomic mass is 9.95. The van der Waals surface area contributed by atoms with Crippen molar-refractivity contribution in [2.45, 2.75) is 26.7 Å². The van der Waals surface area contributed by atoms with Gasteiger partial charge >= 0.3 is 0 Å². The number of hydrogen-bond donors (Lipinski definition) is 0. The zero-order valence-electron chi connectivity index (χ0n) is 11.9. The molecule has 2 amide bonds. The highest BCUT2D eigenvalue weighted by Gasteiger charge is 2.32. The molecule has 2 aliphatic heterocycles. The second-order valence-electron chi connectivity index (χ2n) is 5.72. The minimum absolute atomic E-state index is 0.0113. The Bertz CT molecular complexity index is 338. The molecule has 2 saturated heterocycles. The van der Waals surface area contributed by atoms with Crippen LogP contribution in [0.3, 0.4) is 0 Å². The van der Waals surface area contributed by atoms with Gasteiger partial charge in [-0.3, -0.25) is 9.59 Å². The first-order valence-electron chi connectivity index (χ1n) is 7.25. The van der Waals surface area contributed by atoms with Crippen LogP contribution in [0.2, 0.25) is 0 Å². The van der Waals surface area contributed by atoms with Crippen LogP contribution in [0, 0.1) is 11.8 Å². The molecule has 0 spiro atoms. The van der Waals surface area contributed by atoms with E-state index in [0.29, 0.717) is 32.8 Å². The number of likely N-dealkylation sites (tertiary alicyclic amines) is 1. The summed E-state index contributed by atoms with van der Waals surface area (Å²) in [5, 5.41) is 0. The molecule has 0 aromatic heterocycles. The van der Waals surface area contributed by atoms with Crippen molar-refractivity contribution >= 4 is 11.8 Å². The van der Waals surface area contributed by atoms with Gasteiger partial charge in [0.25, 0.3) is 0 Å². The summed E-state index contributed by atoms with van der Waals surface area (Å²) in [6, 6.07) is 0. The molecule has 0 N–H and O–H groups in total.